The summed E-state index contributed by atoms with van der Waals surface area (Å²) in [6, 6.07) is 18.5. The smallest absolute Gasteiger partial charge is 0.123 e. The molecular weight excluding hydrogens is 251 g/mol. The van der Waals surface area contributed by atoms with Gasteiger partial charge < -0.3 is 5.32 Å². The molecule has 20 heavy (non-hydrogen) atoms. The lowest BCUT2D eigenvalue weighted by Gasteiger charge is -2.22. The molecule has 0 heterocycles. The van der Waals surface area contributed by atoms with E-state index in [2.05, 4.69) is 11.4 Å². The molecule has 0 aromatic heterocycles. The van der Waals surface area contributed by atoms with Crippen molar-refractivity contribution in [1.82, 2.24) is 5.32 Å². The van der Waals surface area contributed by atoms with Crippen LogP contribution in [-0.4, -0.2) is 0 Å². The third kappa shape index (κ3) is 3.66. The van der Waals surface area contributed by atoms with Crippen LogP contribution >= 0.6 is 0 Å². The first-order valence-electron chi connectivity index (χ1n) is 6.64. The van der Waals surface area contributed by atoms with Crippen molar-refractivity contribution in [3.8, 4) is 6.07 Å². The molecule has 2 aromatic carbocycles. The molecule has 1 unspecified atom stereocenters. The predicted molar refractivity (Wildman–Crippen MR) is 77.4 cm³/mol. The number of nitrogens with one attached hydrogen (secondary N) is 1. The lowest BCUT2D eigenvalue weighted by atomic mass is 10.0. The molecule has 2 nitrogen and oxygen atoms in total. The van der Waals surface area contributed by atoms with Crippen LogP contribution in [0.1, 0.15) is 36.6 Å². The molecule has 0 aliphatic heterocycles. The number of benzene rings is 2. The number of halogens is 1. The Bertz CT molecular complexity index is 589. The molecule has 2 rings (SSSR count). The molecule has 0 amide bonds. The summed E-state index contributed by atoms with van der Waals surface area (Å²) in [7, 11) is 0. The van der Waals surface area contributed by atoms with Crippen molar-refractivity contribution in [2.45, 2.75) is 25.4 Å². The van der Waals surface area contributed by atoms with Gasteiger partial charge in [-0.15, -0.1) is 0 Å². The predicted octanol–water partition coefficient (Wildman–Crippen LogP) is 4.13. The summed E-state index contributed by atoms with van der Waals surface area (Å²) >= 11 is 0. The van der Waals surface area contributed by atoms with Crippen molar-refractivity contribution in [2.75, 3.05) is 0 Å². The van der Waals surface area contributed by atoms with Gasteiger partial charge in [0, 0.05) is 12.1 Å². The summed E-state index contributed by atoms with van der Waals surface area (Å²) in [5.74, 6) is -0.243. The van der Waals surface area contributed by atoms with E-state index in [4.69, 9.17) is 5.26 Å². The van der Waals surface area contributed by atoms with Crippen LogP contribution < -0.4 is 5.32 Å². The Hall–Kier alpha value is -2.18. The van der Waals surface area contributed by atoms with E-state index in [9.17, 15) is 4.39 Å². The van der Waals surface area contributed by atoms with Gasteiger partial charge in [-0.3, -0.25) is 0 Å². The fourth-order valence-corrected chi connectivity index (χ4v) is 2.22. The van der Waals surface area contributed by atoms with Gasteiger partial charge in [-0.05, 0) is 30.2 Å². The number of hydrogen-bond acceptors (Lipinski definition) is 2. The van der Waals surface area contributed by atoms with Crippen molar-refractivity contribution < 1.29 is 4.39 Å². The monoisotopic (exact) mass is 268 g/mol. The Morgan fingerprint density at radius 1 is 1.10 bits per heavy atom. The quantitative estimate of drug-likeness (QED) is 0.885. The van der Waals surface area contributed by atoms with Crippen LogP contribution in [0.5, 0.6) is 0 Å². The zero-order chi connectivity index (χ0) is 14.4. The Morgan fingerprint density at radius 3 is 2.45 bits per heavy atom. The van der Waals surface area contributed by atoms with E-state index >= 15 is 0 Å². The van der Waals surface area contributed by atoms with Crippen molar-refractivity contribution in [3.05, 3.63) is 71.5 Å². The van der Waals surface area contributed by atoms with Crippen molar-refractivity contribution in [2.24, 2.45) is 0 Å². The molecule has 0 fully saturated rings. The Morgan fingerprint density at radius 2 is 1.80 bits per heavy atom. The molecule has 0 aliphatic rings. The minimum absolute atomic E-state index is 0.0238. The lowest BCUT2D eigenvalue weighted by Crippen LogP contribution is -2.24. The molecule has 102 valence electrons. The minimum Gasteiger partial charge on any atom is -0.302 e. The first kappa shape index (κ1) is 14.2. The van der Waals surface area contributed by atoms with Crippen molar-refractivity contribution in [1.29, 1.82) is 5.26 Å². The average Bonchev–Trinajstić information content (AvgIpc) is 2.47. The van der Waals surface area contributed by atoms with Crippen LogP contribution in [0.15, 0.2) is 54.6 Å². The Balaban J connectivity index is 2.14. The highest BCUT2D eigenvalue weighted by atomic mass is 19.1. The van der Waals surface area contributed by atoms with E-state index in [0.717, 1.165) is 11.1 Å². The molecule has 0 aliphatic carbocycles. The van der Waals surface area contributed by atoms with Crippen LogP contribution in [0.4, 0.5) is 4.39 Å². The molecule has 0 saturated heterocycles. The van der Waals surface area contributed by atoms with Gasteiger partial charge in [0.05, 0.1) is 12.5 Å². The van der Waals surface area contributed by atoms with Crippen molar-refractivity contribution >= 4 is 0 Å². The second-order valence-corrected chi connectivity index (χ2v) is 4.77. The Kier molecular flexibility index (Phi) is 4.86. The third-order valence-corrected chi connectivity index (χ3v) is 3.30. The summed E-state index contributed by atoms with van der Waals surface area (Å²) in [4.78, 5) is 0. The zero-order valence-electron chi connectivity index (χ0n) is 11.4. The first-order valence-corrected chi connectivity index (χ1v) is 6.64. The van der Waals surface area contributed by atoms with Gasteiger partial charge in [-0.1, -0.05) is 42.5 Å². The van der Waals surface area contributed by atoms with E-state index in [0.29, 0.717) is 6.42 Å². The molecule has 0 spiro atoms. The lowest BCUT2D eigenvalue weighted by molar-refractivity contribution is 0.470. The summed E-state index contributed by atoms with van der Waals surface area (Å²) < 4.78 is 13.3. The normalized spacial score (nSPS) is 13.4. The molecule has 0 bridgehead atoms. The molecule has 2 atom stereocenters. The van der Waals surface area contributed by atoms with Crippen LogP contribution in [-0.2, 0) is 0 Å². The minimum atomic E-state index is -0.243. The summed E-state index contributed by atoms with van der Waals surface area (Å²) in [5.41, 5.74) is 1.95. The van der Waals surface area contributed by atoms with Crippen molar-refractivity contribution in [3.63, 3.8) is 0 Å². The topological polar surface area (TPSA) is 35.8 Å². The summed E-state index contributed by atoms with van der Waals surface area (Å²) in [6.07, 6.45) is 0.379. The zero-order valence-corrected chi connectivity index (χ0v) is 11.4. The number of hydrogen-bond donors (Lipinski definition) is 1. The molecule has 0 saturated carbocycles. The maximum atomic E-state index is 13.3. The number of rotatable bonds is 5. The van der Waals surface area contributed by atoms with Gasteiger partial charge >= 0.3 is 0 Å². The van der Waals surface area contributed by atoms with Crippen LogP contribution in [0, 0.1) is 17.1 Å². The third-order valence-electron chi connectivity index (χ3n) is 3.30. The standard InChI is InChI=1S/C17H17FN2/c1-13(15-8-5-9-16(18)12-15)20-17(10-11-19)14-6-3-2-4-7-14/h2-9,12-13,17,20H,10H2,1H3/t13-,17?/m1/s1. The highest BCUT2D eigenvalue weighted by molar-refractivity contribution is 5.23. The SMILES string of the molecule is C[C@@H](NC(CC#N)c1ccccc1)c1cccc(F)c1. The highest BCUT2D eigenvalue weighted by Crippen LogP contribution is 2.22. The molecule has 3 heteroatoms. The van der Waals surface area contributed by atoms with E-state index < -0.39 is 0 Å². The van der Waals surface area contributed by atoms with Gasteiger partial charge in [0.15, 0.2) is 0 Å². The molecule has 0 radical (unpaired) electrons. The molecule has 2 aromatic rings. The van der Waals surface area contributed by atoms with Gasteiger partial charge in [0.1, 0.15) is 5.82 Å². The average molecular weight is 268 g/mol. The fourth-order valence-electron chi connectivity index (χ4n) is 2.22. The van der Waals surface area contributed by atoms with Gasteiger partial charge in [0.2, 0.25) is 0 Å². The van der Waals surface area contributed by atoms with Gasteiger partial charge in [-0.25, -0.2) is 4.39 Å². The van der Waals surface area contributed by atoms with E-state index in [1.807, 2.05) is 43.3 Å². The first-order chi connectivity index (χ1) is 9.70. The van der Waals surface area contributed by atoms with Gasteiger partial charge in [-0.2, -0.15) is 5.26 Å². The van der Waals surface area contributed by atoms with Gasteiger partial charge in [0.25, 0.3) is 0 Å². The number of nitrogens with zero attached hydrogens (tertiary/aromatic N) is 1. The molecular formula is C17H17FN2. The van der Waals surface area contributed by atoms with E-state index in [1.54, 1.807) is 6.07 Å². The van der Waals surface area contributed by atoms with Crippen LogP contribution in [0.2, 0.25) is 0 Å². The second kappa shape index (κ2) is 6.83. The second-order valence-electron chi connectivity index (χ2n) is 4.77. The van der Waals surface area contributed by atoms with E-state index in [-0.39, 0.29) is 17.9 Å². The van der Waals surface area contributed by atoms with Crippen LogP contribution in [0.3, 0.4) is 0 Å². The molecule has 1 N–H and O–H groups in total. The van der Waals surface area contributed by atoms with E-state index in [1.165, 1.54) is 12.1 Å². The largest absolute Gasteiger partial charge is 0.302 e. The number of nitriles is 1. The summed E-state index contributed by atoms with van der Waals surface area (Å²) in [5, 5.41) is 12.4. The van der Waals surface area contributed by atoms with Crippen LogP contribution in [0.25, 0.3) is 0 Å². The Labute approximate surface area is 118 Å². The highest BCUT2D eigenvalue weighted by Gasteiger charge is 2.15. The maximum absolute atomic E-state index is 13.3. The maximum Gasteiger partial charge on any atom is 0.123 e. The fraction of sp³-hybridized carbons (Fsp3) is 0.235. The summed E-state index contributed by atoms with van der Waals surface area (Å²) in [6.45, 7) is 1.97.